The number of fused-ring (bicyclic) bond motifs is 5. The van der Waals surface area contributed by atoms with E-state index in [1.54, 1.807) is 12.1 Å². The van der Waals surface area contributed by atoms with Crippen LogP contribution in [0.2, 0.25) is 0 Å². The van der Waals surface area contributed by atoms with Crippen molar-refractivity contribution < 1.29 is 23.4 Å². The average molecular weight is 445 g/mol. The summed E-state index contributed by atoms with van der Waals surface area (Å²) in [6, 6.07) is 18.0. The van der Waals surface area contributed by atoms with Gasteiger partial charge >= 0.3 is 0 Å². The fourth-order valence-corrected chi connectivity index (χ4v) is 5.67. The van der Waals surface area contributed by atoms with Crippen molar-refractivity contribution in [3.63, 3.8) is 0 Å². The zero-order valence-electron chi connectivity index (χ0n) is 18.5. The molecule has 1 amide bonds. The third-order valence-corrected chi connectivity index (χ3v) is 7.12. The highest BCUT2D eigenvalue weighted by atomic mass is 19.1. The number of hydrogen-bond acceptors (Lipinski definition) is 4. The minimum atomic E-state index is -1.00. The molecule has 6 heteroatoms. The Morgan fingerprint density at radius 1 is 0.939 bits per heavy atom. The molecule has 5 nitrogen and oxygen atoms in total. The lowest BCUT2D eigenvalue weighted by atomic mass is 9.58. The Kier molecular flexibility index (Phi) is 4.25. The second-order valence-corrected chi connectivity index (χ2v) is 9.39. The predicted molar refractivity (Wildman–Crippen MR) is 122 cm³/mol. The fourth-order valence-electron chi connectivity index (χ4n) is 5.67. The molecule has 0 aromatic heterocycles. The molecule has 3 aliphatic rings. The average Bonchev–Trinajstić information content (AvgIpc) is 3.09. The summed E-state index contributed by atoms with van der Waals surface area (Å²) < 4.78 is 31.8. The second kappa shape index (κ2) is 6.98. The summed E-state index contributed by atoms with van der Waals surface area (Å²) in [5.74, 6) is 1.20. The smallest absolute Gasteiger partial charge is 0.240 e. The van der Waals surface area contributed by atoms with E-state index in [2.05, 4.69) is 5.32 Å². The van der Waals surface area contributed by atoms with E-state index >= 15 is 0 Å². The Morgan fingerprint density at radius 2 is 1.64 bits per heavy atom. The van der Waals surface area contributed by atoms with Gasteiger partial charge in [0.25, 0.3) is 0 Å². The maximum absolute atomic E-state index is 14.0. The number of rotatable bonds is 2. The molecular weight excluding hydrogens is 421 g/mol. The Balaban J connectivity index is 1.62. The lowest BCUT2D eigenvalue weighted by Crippen LogP contribution is -2.58. The highest BCUT2D eigenvalue weighted by molar-refractivity contribution is 6.10. The molecule has 0 saturated carbocycles. The summed E-state index contributed by atoms with van der Waals surface area (Å²) >= 11 is 0. The molecule has 3 aliphatic heterocycles. The second-order valence-electron chi connectivity index (χ2n) is 9.39. The molecule has 168 valence electrons. The number of amides is 1. The first kappa shape index (κ1) is 20.1. The molecule has 3 aromatic carbocycles. The van der Waals surface area contributed by atoms with Crippen LogP contribution >= 0.6 is 0 Å². The van der Waals surface area contributed by atoms with Gasteiger partial charge in [-0.25, -0.2) is 4.39 Å². The summed E-state index contributed by atoms with van der Waals surface area (Å²) in [6.07, 6.45) is 0.531. The van der Waals surface area contributed by atoms with Crippen molar-refractivity contribution >= 4 is 11.6 Å². The van der Waals surface area contributed by atoms with Gasteiger partial charge in [-0.05, 0) is 55.7 Å². The lowest BCUT2D eigenvalue weighted by Gasteiger charge is -2.50. The van der Waals surface area contributed by atoms with Crippen molar-refractivity contribution in [2.24, 2.45) is 5.92 Å². The molecule has 0 saturated heterocycles. The molecule has 1 spiro atoms. The van der Waals surface area contributed by atoms with Crippen molar-refractivity contribution in [3.05, 3.63) is 83.2 Å². The summed E-state index contributed by atoms with van der Waals surface area (Å²) in [4.78, 5) is 14.0. The summed E-state index contributed by atoms with van der Waals surface area (Å²) in [7, 11) is 0. The Morgan fingerprint density at radius 3 is 2.39 bits per heavy atom. The first-order chi connectivity index (χ1) is 15.9. The van der Waals surface area contributed by atoms with E-state index in [4.69, 9.17) is 14.2 Å². The van der Waals surface area contributed by atoms with Crippen LogP contribution in [0.25, 0.3) is 0 Å². The normalized spacial score (nSPS) is 24.0. The number of ether oxygens (including phenoxy) is 3. The van der Waals surface area contributed by atoms with Gasteiger partial charge in [-0.15, -0.1) is 0 Å². The van der Waals surface area contributed by atoms with Crippen molar-refractivity contribution in [2.75, 3.05) is 18.5 Å². The lowest BCUT2D eigenvalue weighted by molar-refractivity contribution is -0.126. The van der Waals surface area contributed by atoms with Gasteiger partial charge in [-0.3, -0.25) is 4.79 Å². The molecule has 33 heavy (non-hydrogen) atoms. The van der Waals surface area contributed by atoms with Gasteiger partial charge in [0.1, 0.15) is 35.8 Å². The summed E-state index contributed by atoms with van der Waals surface area (Å²) in [5, 5.41) is 3.11. The Bertz CT molecular complexity index is 1270. The molecule has 3 aromatic rings. The molecule has 3 heterocycles. The Labute approximate surface area is 191 Å². The highest BCUT2D eigenvalue weighted by Gasteiger charge is 2.62. The van der Waals surface area contributed by atoms with Crippen LogP contribution in [-0.4, -0.2) is 24.7 Å². The monoisotopic (exact) mass is 445 g/mol. The topological polar surface area (TPSA) is 56.8 Å². The quantitative estimate of drug-likeness (QED) is 0.612. The van der Waals surface area contributed by atoms with Gasteiger partial charge in [-0.2, -0.15) is 0 Å². The zero-order valence-corrected chi connectivity index (χ0v) is 18.5. The van der Waals surface area contributed by atoms with E-state index in [-0.39, 0.29) is 17.6 Å². The largest absolute Gasteiger partial charge is 0.487 e. The van der Waals surface area contributed by atoms with Crippen molar-refractivity contribution in [3.8, 4) is 17.2 Å². The van der Waals surface area contributed by atoms with Gasteiger partial charge in [0.15, 0.2) is 11.5 Å². The highest BCUT2D eigenvalue weighted by Crippen LogP contribution is 2.59. The van der Waals surface area contributed by atoms with E-state index in [0.29, 0.717) is 36.9 Å². The molecular formula is C27H24FNO4. The van der Waals surface area contributed by atoms with Crippen molar-refractivity contribution in [1.82, 2.24) is 0 Å². The summed E-state index contributed by atoms with van der Waals surface area (Å²) in [5.41, 5.74) is 1.70. The van der Waals surface area contributed by atoms with Gasteiger partial charge in [0.05, 0.1) is 0 Å². The van der Waals surface area contributed by atoms with Crippen molar-refractivity contribution in [1.29, 1.82) is 0 Å². The molecule has 2 atom stereocenters. The molecule has 1 unspecified atom stereocenters. The SMILES string of the molecule is CC1(C)Oc2cc3c(cc2[C@@]2(C(=O)Nc4ccccc42)C1Cc1ccc(F)cc1)OCCO3. The first-order valence-corrected chi connectivity index (χ1v) is 11.2. The van der Waals surface area contributed by atoms with Crippen LogP contribution in [0.3, 0.4) is 0 Å². The molecule has 0 bridgehead atoms. The van der Waals surface area contributed by atoms with Crippen LogP contribution < -0.4 is 19.5 Å². The molecule has 6 rings (SSSR count). The van der Waals surface area contributed by atoms with Gasteiger partial charge in [0.2, 0.25) is 5.91 Å². The third kappa shape index (κ3) is 2.86. The number of benzene rings is 3. The van der Waals surface area contributed by atoms with Gasteiger partial charge in [0, 0.05) is 23.2 Å². The zero-order chi connectivity index (χ0) is 22.8. The van der Waals surface area contributed by atoms with E-state index in [9.17, 15) is 9.18 Å². The van der Waals surface area contributed by atoms with Crippen LogP contribution in [-0.2, 0) is 16.6 Å². The van der Waals surface area contributed by atoms with Crippen molar-refractivity contribution in [2.45, 2.75) is 31.3 Å². The molecule has 0 fully saturated rings. The minimum Gasteiger partial charge on any atom is -0.487 e. The Hall–Kier alpha value is -3.54. The first-order valence-electron chi connectivity index (χ1n) is 11.2. The predicted octanol–water partition coefficient (Wildman–Crippen LogP) is 4.87. The fraction of sp³-hybridized carbons (Fsp3) is 0.296. The maximum Gasteiger partial charge on any atom is 0.240 e. The number of hydrogen-bond donors (Lipinski definition) is 1. The number of halogens is 1. The third-order valence-electron chi connectivity index (χ3n) is 7.12. The van der Waals surface area contributed by atoms with E-state index in [1.165, 1.54) is 12.1 Å². The van der Waals surface area contributed by atoms with E-state index in [1.807, 2.05) is 50.2 Å². The molecule has 1 N–H and O–H groups in total. The van der Waals surface area contributed by atoms with Crippen LogP contribution in [0.1, 0.15) is 30.5 Å². The maximum atomic E-state index is 14.0. The number of anilines is 1. The van der Waals surface area contributed by atoms with Crippen LogP contribution in [0, 0.1) is 11.7 Å². The number of para-hydroxylation sites is 1. The number of carbonyl (C=O) groups excluding carboxylic acids is 1. The van der Waals surface area contributed by atoms with Crippen LogP contribution in [0.4, 0.5) is 10.1 Å². The molecule has 0 radical (unpaired) electrons. The van der Waals surface area contributed by atoms with E-state index < -0.39 is 11.0 Å². The minimum absolute atomic E-state index is 0.0925. The number of carbonyl (C=O) groups is 1. The van der Waals surface area contributed by atoms with E-state index in [0.717, 1.165) is 22.4 Å². The summed E-state index contributed by atoms with van der Waals surface area (Å²) in [6.45, 7) is 4.94. The van der Waals surface area contributed by atoms with Crippen LogP contribution in [0.15, 0.2) is 60.7 Å². The van der Waals surface area contributed by atoms with Gasteiger partial charge in [-0.1, -0.05) is 30.3 Å². The molecule has 0 aliphatic carbocycles. The van der Waals surface area contributed by atoms with Gasteiger partial charge < -0.3 is 19.5 Å². The standard InChI is InChI=1S/C27H24FNO4/c1-26(2)24(13-16-7-9-17(28)10-8-16)27(18-5-3-4-6-20(18)29-25(27)30)19-14-22-23(15-21(19)33-26)32-12-11-31-22/h3-10,14-15,24H,11-13H2,1-2H3,(H,29,30)/t24?,27-/m1/s1. The van der Waals surface area contributed by atoms with Crippen LogP contribution in [0.5, 0.6) is 17.2 Å². The number of nitrogens with one attached hydrogen (secondary N) is 1.